The largest absolute Gasteiger partial charge is 0.476 e. The Balaban J connectivity index is 0.000000107. The number of pyridine rings is 3. The maximum Gasteiger partial charge on any atom is 0.181 e. The van der Waals surface area contributed by atoms with Gasteiger partial charge in [0.15, 0.2) is 33.6 Å². The molecule has 3 N–H and O–H groups in total. The molecule has 0 amide bonds. The van der Waals surface area contributed by atoms with Crippen molar-refractivity contribution in [1.29, 1.82) is 10.5 Å². The van der Waals surface area contributed by atoms with E-state index in [4.69, 9.17) is 63.2 Å². The lowest BCUT2D eigenvalue weighted by molar-refractivity contribution is -0.208. The summed E-state index contributed by atoms with van der Waals surface area (Å²) in [5.74, 6) is 1.27. The number of halogens is 4. The molecule has 14 nitrogen and oxygen atoms in total. The summed E-state index contributed by atoms with van der Waals surface area (Å²) in [5.41, 5.74) is 0.467. The van der Waals surface area contributed by atoms with E-state index in [0.717, 1.165) is 37.9 Å². The molecule has 18 heteroatoms. The van der Waals surface area contributed by atoms with Gasteiger partial charge < -0.3 is 43.7 Å². The Hall–Kier alpha value is -7.74. The van der Waals surface area contributed by atoms with Gasteiger partial charge in [-0.25, -0.2) is 0 Å². The number of aromatic nitrogens is 3. The molecule has 18 rings (SSSR count). The smallest absolute Gasteiger partial charge is 0.181 e. The van der Waals surface area contributed by atoms with E-state index >= 15 is 0 Å². The summed E-state index contributed by atoms with van der Waals surface area (Å²) in [6.45, 7) is 1.66. The van der Waals surface area contributed by atoms with E-state index in [1.165, 1.54) is 12.4 Å². The standard InChI is InChI=1S/2C24H17ClN2O3.C23H17BrClNO3/c2*25-17-10-19-21(27-12-17)23(28)22-18(13-29-22)20(15-4-2-1-3-5-15)24(23,30-19)16-8-6-14(11-26)7-9-16;24-15-8-6-14(7-9-15)23-19(13-4-2-1-3-5-13)17-12-28-21(17)22(23,27)20-18(29-23)10-16(25)11-26-20/h2*1-10,12,18,20,22,28H,13H2;1-11,17,19,21,27H,12H2/t2*18-,20-,22-,23+,24+;17-,19-,21-,22+,23+/m111/s1. The maximum absolute atomic E-state index is 12.3. The molecule has 3 aliphatic carbocycles. The molecule has 89 heavy (non-hydrogen) atoms. The molecule has 0 radical (unpaired) electrons. The van der Waals surface area contributed by atoms with Crippen LogP contribution in [0.15, 0.2) is 205 Å². The monoisotopic (exact) mass is 1300 g/mol. The highest BCUT2D eigenvalue weighted by Gasteiger charge is 2.82. The topological polar surface area (TPSA) is 202 Å². The number of nitrogens with zero attached hydrogens (tertiary/aromatic N) is 5. The van der Waals surface area contributed by atoms with Crippen LogP contribution in [-0.2, 0) is 47.8 Å². The van der Waals surface area contributed by atoms with Crippen molar-refractivity contribution in [3.05, 3.63) is 282 Å². The zero-order chi connectivity index (χ0) is 60.8. The first-order chi connectivity index (χ1) is 43.2. The van der Waals surface area contributed by atoms with Gasteiger partial charge in [-0.3, -0.25) is 15.0 Å². The molecule has 6 aliphatic heterocycles. The van der Waals surface area contributed by atoms with E-state index in [0.29, 0.717) is 80.3 Å². The van der Waals surface area contributed by atoms with Gasteiger partial charge in [0.1, 0.15) is 52.6 Å². The van der Waals surface area contributed by atoms with Gasteiger partial charge in [0, 0.05) is 76.8 Å². The van der Waals surface area contributed by atoms with Crippen LogP contribution < -0.4 is 14.2 Å². The Morgan fingerprint density at radius 2 is 0.697 bits per heavy atom. The van der Waals surface area contributed by atoms with Gasteiger partial charge in [-0.2, -0.15) is 10.5 Å². The fraction of sp³-hybridized carbons (Fsp3) is 0.254. The number of hydrogen-bond donors (Lipinski definition) is 3. The second kappa shape index (κ2) is 20.6. The van der Waals surface area contributed by atoms with E-state index in [9.17, 15) is 25.8 Å². The average molecular weight is 1300 g/mol. The molecule has 9 aliphatic rings. The van der Waals surface area contributed by atoms with Gasteiger partial charge in [-0.1, -0.05) is 178 Å². The van der Waals surface area contributed by atoms with Crippen LogP contribution in [0.4, 0.5) is 0 Å². The van der Waals surface area contributed by atoms with E-state index in [1.807, 2.05) is 103 Å². The third-order valence-electron chi connectivity index (χ3n) is 20.1. The van der Waals surface area contributed by atoms with Gasteiger partial charge in [0.25, 0.3) is 0 Å². The van der Waals surface area contributed by atoms with Crippen molar-refractivity contribution < 1.29 is 43.7 Å². The quantitative estimate of drug-likeness (QED) is 0.142. The Kier molecular flexibility index (Phi) is 13.1. The lowest BCUT2D eigenvalue weighted by atomic mass is 9.72. The van der Waals surface area contributed by atoms with Crippen LogP contribution >= 0.6 is 50.7 Å². The second-order valence-electron chi connectivity index (χ2n) is 24.1. The van der Waals surface area contributed by atoms with Crippen molar-refractivity contribution in [2.24, 2.45) is 17.8 Å². The summed E-state index contributed by atoms with van der Waals surface area (Å²) in [5, 5.41) is 56.8. The molecule has 15 atom stereocenters. The predicted molar refractivity (Wildman–Crippen MR) is 330 cm³/mol. The zero-order valence-electron chi connectivity index (χ0n) is 46.9. The zero-order valence-corrected chi connectivity index (χ0v) is 50.8. The van der Waals surface area contributed by atoms with Crippen molar-refractivity contribution in [3.63, 3.8) is 0 Å². The number of aliphatic hydroxyl groups is 3. The Morgan fingerprint density at radius 1 is 0.416 bits per heavy atom. The van der Waals surface area contributed by atoms with Gasteiger partial charge >= 0.3 is 0 Å². The van der Waals surface area contributed by atoms with Crippen LogP contribution in [0.3, 0.4) is 0 Å². The molecule has 3 saturated carbocycles. The number of benzene rings is 6. The molecular formula is C71H51BrCl3N5O9. The van der Waals surface area contributed by atoms with Crippen molar-refractivity contribution in [3.8, 4) is 29.4 Å². The summed E-state index contributed by atoms with van der Waals surface area (Å²) in [6.07, 6.45) is 3.32. The Morgan fingerprint density at radius 3 is 0.955 bits per heavy atom. The molecule has 3 aromatic heterocycles. The molecule has 6 aromatic carbocycles. The van der Waals surface area contributed by atoms with Crippen LogP contribution in [0.25, 0.3) is 0 Å². The fourth-order valence-electron chi connectivity index (χ4n) is 16.6. The van der Waals surface area contributed by atoms with Gasteiger partial charge in [0.2, 0.25) is 0 Å². The summed E-state index contributed by atoms with van der Waals surface area (Å²) in [6, 6.07) is 62.2. The second-order valence-corrected chi connectivity index (χ2v) is 26.3. The Labute approximate surface area is 534 Å². The molecule has 3 saturated heterocycles. The number of rotatable bonds is 6. The summed E-state index contributed by atoms with van der Waals surface area (Å²) in [7, 11) is 0. The highest BCUT2D eigenvalue weighted by atomic mass is 79.9. The van der Waals surface area contributed by atoms with E-state index < -0.39 is 51.9 Å². The first-order valence-electron chi connectivity index (χ1n) is 29.2. The number of ether oxygens (including phenoxy) is 6. The minimum absolute atomic E-state index is 0.0682. The van der Waals surface area contributed by atoms with Gasteiger partial charge in [-0.05, 0) is 69.8 Å². The first kappa shape index (κ1) is 56.5. The van der Waals surface area contributed by atoms with Crippen LogP contribution in [-0.4, -0.2) is 68.4 Å². The number of hydrogen-bond acceptors (Lipinski definition) is 14. The summed E-state index contributed by atoms with van der Waals surface area (Å²) < 4.78 is 38.8. The van der Waals surface area contributed by atoms with E-state index in [-0.39, 0.29) is 35.5 Å². The van der Waals surface area contributed by atoms with Crippen LogP contribution in [0.5, 0.6) is 17.2 Å². The highest BCUT2D eigenvalue weighted by molar-refractivity contribution is 9.10. The molecule has 442 valence electrons. The molecular weight excluding hydrogens is 1250 g/mol. The van der Waals surface area contributed by atoms with Crippen LogP contribution in [0, 0.1) is 40.4 Å². The number of fused-ring (bicyclic) bond motifs is 15. The number of nitriles is 2. The van der Waals surface area contributed by atoms with E-state index in [1.54, 1.807) is 48.7 Å². The van der Waals surface area contributed by atoms with Crippen LogP contribution in [0.2, 0.25) is 15.1 Å². The van der Waals surface area contributed by atoms with E-state index in [2.05, 4.69) is 79.4 Å². The summed E-state index contributed by atoms with van der Waals surface area (Å²) >= 11 is 22.1. The first-order valence-corrected chi connectivity index (χ1v) is 31.2. The van der Waals surface area contributed by atoms with Crippen molar-refractivity contribution in [2.75, 3.05) is 19.8 Å². The molecule has 9 heterocycles. The minimum Gasteiger partial charge on any atom is -0.476 e. The normalized spacial score (nSPS) is 33.2. The molecule has 0 bridgehead atoms. The van der Waals surface area contributed by atoms with Crippen molar-refractivity contribution in [2.45, 2.75) is 69.7 Å². The van der Waals surface area contributed by atoms with Crippen LogP contribution in [0.1, 0.15) is 79.3 Å². The lowest BCUT2D eigenvalue weighted by Crippen LogP contribution is -2.54. The molecule has 0 unspecified atom stereocenters. The SMILES string of the molecule is N#Cc1ccc([C@@]23Oc4cc(Cl)cnc4[C@]2(O)[C@@H]2OC[C@@H]2[C@H]3c2ccccc2)cc1.N#Cc1ccc([C@@]23Oc4cc(Cl)cnc4[C@]2(O)[C@@H]2OC[C@@H]2[C@H]3c2ccccc2)cc1.O[C@]12c3ncc(Cl)cc3O[C@@]1(c1ccc(Br)cc1)[C@H](c1ccccc1)[C@H]1CO[C@H]12. The molecule has 9 aromatic rings. The maximum atomic E-state index is 12.3. The third-order valence-corrected chi connectivity index (χ3v) is 21.2. The molecule has 0 spiro atoms. The predicted octanol–water partition coefficient (Wildman–Crippen LogP) is 12.6. The lowest BCUT2D eigenvalue weighted by Gasteiger charge is -2.40. The highest BCUT2D eigenvalue weighted by Crippen LogP contribution is 2.74. The Bertz CT molecular complexity index is 4190. The average Bonchev–Trinajstić information content (AvgIpc) is 1.51. The third kappa shape index (κ3) is 7.60. The summed E-state index contributed by atoms with van der Waals surface area (Å²) in [4.78, 5) is 13.5. The molecule has 6 fully saturated rings. The van der Waals surface area contributed by atoms with Gasteiger partial charge in [0.05, 0.1) is 58.2 Å². The van der Waals surface area contributed by atoms with Crippen molar-refractivity contribution in [1.82, 2.24) is 15.0 Å². The minimum atomic E-state index is -1.48. The van der Waals surface area contributed by atoms with Gasteiger partial charge in [-0.15, -0.1) is 0 Å². The van der Waals surface area contributed by atoms with Crippen molar-refractivity contribution >= 4 is 50.7 Å². The fourth-order valence-corrected chi connectivity index (χ4v) is 17.3.